The zero-order valence-corrected chi connectivity index (χ0v) is 17.8. The SMILES string of the molecule is CCC(O)[C@@]1(C)CCC2C3CC[C@@]45CC6(CC[C@@]4(O5)C3=CC[C@@]21C)OCCO6. The van der Waals surface area contributed by atoms with Gasteiger partial charge in [0, 0.05) is 12.8 Å². The first kappa shape index (κ1) is 18.4. The molecule has 0 aromatic carbocycles. The third-order valence-corrected chi connectivity index (χ3v) is 10.5. The van der Waals surface area contributed by atoms with Crippen LogP contribution < -0.4 is 0 Å². The standard InChI is InChI=1S/C24H36O4/c1-4-19(25)21(3)9-6-17-16-5-10-22-15-23(26-13-14-27-23)11-12-24(22,28-22)18(16)7-8-20(17,21)2/h7,16-17,19,25H,4-6,8-15H2,1-3H3/t16?,17?,19?,20-,21+,22+,24+/m0/s1. The molecule has 28 heavy (non-hydrogen) atoms. The number of fused-ring (bicyclic) bond motifs is 3. The monoisotopic (exact) mass is 388 g/mol. The van der Waals surface area contributed by atoms with E-state index in [9.17, 15) is 5.11 Å². The third kappa shape index (κ3) is 1.93. The summed E-state index contributed by atoms with van der Waals surface area (Å²) in [4.78, 5) is 0. The largest absolute Gasteiger partial charge is 0.393 e. The highest BCUT2D eigenvalue weighted by Gasteiger charge is 2.79. The van der Waals surface area contributed by atoms with E-state index >= 15 is 0 Å². The fourth-order valence-electron chi connectivity index (χ4n) is 8.62. The molecule has 1 spiro atoms. The zero-order valence-electron chi connectivity index (χ0n) is 17.8. The van der Waals surface area contributed by atoms with Crippen LogP contribution in [-0.4, -0.2) is 41.4 Å². The summed E-state index contributed by atoms with van der Waals surface area (Å²) in [6.45, 7) is 8.42. The van der Waals surface area contributed by atoms with Crippen LogP contribution in [0.2, 0.25) is 0 Å². The third-order valence-electron chi connectivity index (χ3n) is 10.5. The summed E-state index contributed by atoms with van der Waals surface area (Å²) in [7, 11) is 0. The van der Waals surface area contributed by atoms with Crippen LogP contribution in [0.15, 0.2) is 11.6 Å². The summed E-state index contributed by atoms with van der Waals surface area (Å²) in [5, 5.41) is 10.9. The number of ether oxygens (including phenoxy) is 3. The number of allylic oxidation sites excluding steroid dienone is 1. The average molecular weight is 389 g/mol. The lowest BCUT2D eigenvalue weighted by Crippen LogP contribution is -2.53. The molecular weight excluding hydrogens is 352 g/mol. The van der Waals surface area contributed by atoms with Crippen molar-refractivity contribution in [3.8, 4) is 0 Å². The molecule has 3 unspecified atom stereocenters. The first-order valence-corrected chi connectivity index (χ1v) is 11.7. The van der Waals surface area contributed by atoms with Crippen molar-refractivity contribution in [2.75, 3.05) is 13.2 Å². The molecule has 0 bridgehead atoms. The van der Waals surface area contributed by atoms with Crippen molar-refractivity contribution in [1.29, 1.82) is 0 Å². The molecular formula is C24H36O4. The Labute approximate surface area is 169 Å². The number of aliphatic hydroxyl groups is 1. The topological polar surface area (TPSA) is 51.2 Å². The lowest BCUT2D eigenvalue weighted by atomic mass is 9.50. The van der Waals surface area contributed by atoms with E-state index in [0.717, 1.165) is 58.2 Å². The van der Waals surface area contributed by atoms with Crippen LogP contribution in [0.5, 0.6) is 0 Å². The van der Waals surface area contributed by atoms with Crippen molar-refractivity contribution in [1.82, 2.24) is 0 Å². The second-order valence-electron chi connectivity index (χ2n) is 11.1. The highest BCUT2D eigenvalue weighted by molar-refractivity contribution is 5.43. The normalized spacial score (nSPS) is 54.4. The van der Waals surface area contributed by atoms with E-state index in [-0.39, 0.29) is 33.9 Å². The molecule has 1 N–H and O–H groups in total. The Hall–Kier alpha value is -0.420. The highest BCUT2D eigenvalue weighted by atomic mass is 16.7. The summed E-state index contributed by atoms with van der Waals surface area (Å²) in [5.41, 5.74) is 1.80. The first-order chi connectivity index (χ1) is 13.3. The maximum Gasteiger partial charge on any atom is 0.171 e. The Kier molecular flexibility index (Phi) is 3.56. The average Bonchev–Trinajstić information content (AvgIpc) is 3.03. The molecule has 156 valence electrons. The van der Waals surface area contributed by atoms with Crippen LogP contribution in [0.4, 0.5) is 0 Å². The van der Waals surface area contributed by atoms with Gasteiger partial charge in [0.25, 0.3) is 0 Å². The second kappa shape index (κ2) is 5.43. The Bertz CT molecular complexity index is 726. The minimum absolute atomic E-state index is 0.0276. The van der Waals surface area contributed by atoms with Crippen LogP contribution in [0.3, 0.4) is 0 Å². The smallest absolute Gasteiger partial charge is 0.171 e. The number of hydrogen-bond acceptors (Lipinski definition) is 4. The number of epoxide rings is 1. The summed E-state index contributed by atoms with van der Waals surface area (Å²) < 4.78 is 18.8. The van der Waals surface area contributed by atoms with E-state index in [2.05, 4.69) is 26.8 Å². The van der Waals surface area contributed by atoms with E-state index in [0.29, 0.717) is 11.8 Å². The predicted molar refractivity (Wildman–Crippen MR) is 106 cm³/mol. The molecule has 4 nitrogen and oxygen atoms in total. The number of rotatable bonds is 2. The van der Waals surface area contributed by atoms with Crippen molar-refractivity contribution in [3.63, 3.8) is 0 Å². The quantitative estimate of drug-likeness (QED) is 0.564. The van der Waals surface area contributed by atoms with E-state index < -0.39 is 0 Å². The molecule has 4 heteroatoms. The molecule has 2 aliphatic heterocycles. The minimum Gasteiger partial charge on any atom is -0.393 e. The molecule has 0 radical (unpaired) electrons. The molecule has 2 saturated heterocycles. The molecule has 0 aromatic rings. The van der Waals surface area contributed by atoms with Gasteiger partial charge in [-0.05, 0) is 73.2 Å². The Morgan fingerprint density at radius 3 is 2.64 bits per heavy atom. The van der Waals surface area contributed by atoms with Crippen molar-refractivity contribution in [3.05, 3.63) is 11.6 Å². The van der Waals surface area contributed by atoms with Gasteiger partial charge in [0.15, 0.2) is 5.79 Å². The number of aliphatic hydroxyl groups excluding tert-OH is 1. The second-order valence-corrected chi connectivity index (χ2v) is 11.1. The molecule has 6 rings (SSSR count). The van der Waals surface area contributed by atoms with Gasteiger partial charge >= 0.3 is 0 Å². The van der Waals surface area contributed by atoms with Gasteiger partial charge in [-0.3, -0.25) is 0 Å². The summed E-state index contributed by atoms with van der Waals surface area (Å²) in [6, 6.07) is 0. The van der Waals surface area contributed by atoms with Gasteiger partial charge in [0.2, 0.25) is 0 Å². The lowest BCUT2D eigenvalue weighted by molar-refractivity contribution is -0.185. The molecule has 6 aliphatic rings. The number of hydrogen-bond donors (Lipinski definition) is 1. The van der Waals surface area contributed by atoms with Crippen LogP contribution >= 0.6 is 0 Å². The summed E-state index contributed by atoms with van der Waals surface area (Å²) in [5.74, 6) is 0.957. The Balaban J connectivity index is 1.33. The lowest BCUT2D eigenvalue weighted by Gasteiger charge is -2.54. The van der Waals surface area contributed by atoms with E-state index in [1.807, 2.05) is 0 Å². The van der Waals surface area contributed by atoms with Gasteiger partial charge < -0.3 is 19.3 Å². The van der Waals surface area contributed by atoms with Crippen LogP contribution in [-0.2, 0) is 14.2 Å². The zero-order chi connectivity index (χ0) is 19.4. The van der Waals surface area contributed by atoms with Crippen molar-refractivity contribution in [2.24, 2.45) is 22.7 Å². The molecule has 3 saturated carbocycles. The molecule has 5 fully saturated rings. The van der Waals surface area contributed by atoms with Gasteiger partial charge in [-0.25, -0.2) is 0 Å². The van der Waals surface area contributed by atoms with E-state index in [4.69, 9.17) is 14.2 Å². The molecule has 7 atom stereocenters. The van der Waals surface area contributed by atoms with Crippen LogP contribution in [0.1, 0.15) is 78.6 Å². The maximum absolute atomic E-state index is 10.9. The molecule has 0 amide bonds. The Morgan fingerprint density at radius 1 is 1.11 bits per heavy atom. The molecule has 4 aliphatic carbocycles. The van der Waals surface area contributed by atoms with Crippen molar-refractivity contribution < 1.29 is 19.3 Å². The minimum atomic E-state index is -0.367. The summed E-state index contributed by atoms with van der Waals surface area (Å²) in [6.07, 6.45) is 12.0. The summed E-state index contributed by atoms with van der Waals surface area (Å²) >= 11 is 0. The maximum atomic E-state index is 10.9. The van der Waals surface area contributed by atoms with Crippen molar-refractivity contribution in [2.45, 2.75) is 102 Å². The first-order valence-electron chi connectivity index (χ1n) is 11.7. The van der Waals surface area contributed by atoms with Gasteiger partial charge in [-0.1, -0.05) is 26.8 Å². The highest BCUT2D eigenvalue weighted by Crippen LogP contribution is 2.75. The van der Waals surface area contributed by atoms with Crippen LogP contribution in [0.25, 0.3) is 0 Å². The van der Waals surface area contributed by atoms with E-state index in [1.54, 1.807) is 5.57 Å². The van der Waals surface area contributed by atoms with Gasteiger partial charge in [-0.15, -0.1) is 0 Å². The molecule has 2 heterocycles. The van der Waals surface area contributed by atoms with Gasteiger partial charge in [0.05, 0.1) is 19.3 Å². The van der Waals surface area contributed by atoms with Gasteiger partial charge in [0.1, 0.15) is 11.2 Å². The van der Waals surface area contributed by atoms with Crippen LogP contribution in [0, 0.1) is 22.7 Å². The van der Waals surface area contributed by atoms with E-state index in [1.165, 1.54) is 12.8 Å². The fourth-order valence-corrected chi connectivity index (χ4v) is 8.62. The Morgan fingerprint density at radius 2 is 1.89 bits per heavy atom. The fraction of sp³-hybridized carbons (Fsp3) is 0.917. The van der Waals surface area contributed by atoms with Crippen molar-refractivity contribution >= 4 is 0 Å². The molecule has 0 aromatic heterocycles. The van der Waals surface area contributed by atoms with Gasteiger partial charge in [-0.2, -0.15) is 0 Å². The predicted octanol–water partition coefficient (Wildman–Crippen LogP) is 4.35.